The van der Waals surface area contributed by atoms with Crippen LogP contribution in [0.4, 0.5) is 4.79 Å². The van der Waals surface area contributed by atoms with Crippen LogP contribution in [0.2, 0.25) is 10.0 Å². The molecule has 1 N–H and O–H groups in total. The molecule has 24 heavy (non-hydrogen) atoms. The zero-order valence-corrected chi connectivity index (χ0v) is 14.8. The van der Waals surface area contributed by atoms with Crippen molar-refractivity contribution in [2.24, 2.45) is 0 Å². The lowest BCUT2D eigenvalue weighted by Crippen LogP contribution is -2.41. The lowest BCUT2D eigenvalue weighted by molar-refractivity contribution is -0.131. The van der Waals surface area contributed by atoms with Crippen LogP contribution >= 0.6 is 23.2 Å². The molecule has 2 aromatic rings. The van der Waals surface area contributed by atoms with E-state index in [1.54, 1.807) is 25.1 Å². The molecule has 3 rings (SSSR count). The van der Waals surface area contributed by atoms with Crippen LogP contribution in [0, 0.1) is 6.92 Å². The van der Waals surface area contributed by atoms with E-state index in [9.17, 15) is 9.59 Å². The first kappa shape index (κ1) is 16.8. The van der Waals surface area contributed by atoms with Gasteiger partial charge in [0, 0.05) is 15.6 Å². The molecule has 124 valence electrons. The standard InChI is InChI=1S/C18H16Cl2N2O2/c1-11-5-3-4-6-12(11)10-22-16(23)18(2,21-17(22)24)14-8-7-13(19)9-15(14)20/h3-9H,10H2,1-2H3,(H,21,24)/t18-/m1/s1. The molecular weight excluding hydrogens is 347 g/mol. The van der Waals surface area contributed by atoms with E-state index in [1.807, 2.05) is 31.2 Å². The molecule has 3 amide bonds. The van der Waals surface area contributed by atoms with Crippen molar-refractivity contribution in [1.82, 2.24) is 10.2 Å². The van der Waals surface area contributed by atoms with Gasteiger partial charge in [0.2, 0.25) is 0 Å². The second kappa shape index (κ2) is 6.11. The van der Waals surface area contributed by atoms with Crippen LogP contribution in [0.25, 0.3) is 0 Å². The van der Waals surface area contributed by atoms with E-state index >= 15 is 0 Å². The number of hydrogen-bond acceptors (Lipinski definition) is 2. The molecule has 0 spiro atoms. The fourth-order valence-electron chi connectivity index (χ4n) is 2.88. The van der Waals surface area contributed by atoms with Crippen LogP contribution in [0.3, 0.4) is 0 Å². The zero-order chi connectivity index (χ0) is 17.5. The number of aryl methyl sites for hydroxylation is 1. The highest BCUT2D eigenvalue weighted by molar-refractivity contribution is 6.35. The van der Waals surface area contributed by atoms with E-state index < -0.39 is 11.6 Å². The topological polar surface area (TPSA) is 49.4 Å². The molecule has 1 saturated heterocycles. The maximum Gasteiger partial charge on any atom is 0.325 e. The molecule has 1 aliphatic heterocycles. The van der Waals surface area contributed by atoms with Crippen molar-refractivity contribution in [2.45, 2.75) is 25.9 Å². The number of rotatable bonds is 3. The second-order valence-electron chi connectivity index (χ2n) is 6.00. The van der Waals surface area contributed by atoms with Gasteiger partial charge in [-0.15, -0.1) is 0 Å². The van der Waals surface area contributed by atoms with Gasteiger partial charge in [0.25, 0.3) is 5.91 Å². The molecule has 0 radical (unpaired) electrons. The van der Waals surface area contributed by atoms with Crippen LogP contribution in [0.15, 0.2) is 42.5 Å². The van der Waals surface area contributed by atoms with E-state index in [2.05, 4.69) is 5.32 Å². The summed E-state index contributed by atoms with van der Waals surface area (Å²) in [5.41, 5.74) is 1.27. The van der Waals surface area contributed by atoms with E-state index in [4.69, 9.17) is 23.2 Å². The minimum Gasteiger partial charge on any atom is -0.319 e. The Balaban J connectivity index is 1.95. The SMILES string of the molecule is Cc1ccccc1CN1C(=O)N[C@](C)(c2ccc(Cl)cc2Cl)C1=O. The molecule has 0 unspecified atom stereocenters. The monoisotopic (exact) mass is 362 g/mol. The summed E-state index contributed by atoms with van der Waals surface area (Å²) in [6.07, 6.45) is 0. The highest BCUT2D eigenvalue weighted by atomic mass is 35.5. The number of nitrogens with zero attached hydrogens (tertiary/aromatic N) is 1. The largest absolute Gasteiger partial charge is 0.325 e. The minimum atomic E-state index is -1.21. The Kier molecular flexibility index (Phi) is 4.28. The third-order valence-electron chi connectivity index (χ3n) is 4.33. The normalized spacial score (nSPS) is 20.4. The Hall–Kier alpha value is -2.04. The Morgan fingerprint density at radius 3 is 2.50 bits per heavy atom. The number of carbonyl (C=O) groups excluding carboxylic acids is 2. The summed E-state index contributed by atoms with van der Waals surface area (Å²) in [4.78, 5) is 26.5. The first-order chi connectivity index (χ1) is 11.3. The highest BCUT2D eigenvalue weighted by Crippen LogP contribution is 2.35. The summed E-state index contributed by atoms with van der Waals surface area (Å²) in [5.74, 6) is -0.333. The van der Waals surface area contributed by atoms with Crippen LogP contribution in [-0.4, -0.2) is 16.8 Å². The number of benzene rings is 2. The summed E-state index contributed by atoms with van der Waals surface area (Å²) in [6.45, 7) is 3.82. The average molecular weight is 363 g/mol. The Morgan fingerprint density at radius 1 is 1.12 bits per heavy atom. The predicted octanol–water partition coefficient (Wildman–Crippen LogP) is 4.27. The van der Waals surface area contributed by atoms with Crippen molar-refractivity contribution in [2.75, 3.05) is 0 Å². The third-order valence-corrected chi connectivity index (χ3v) is 4.88. The highest BCUT2D eigenvalue weighted by Gasteiger charge is 2.49. The van der Waals surface area contributed by atoms with Crippen molar-refractivity contribution < 1.29 is 9.59 Å². The molecule has 0 aromatic heterocycles. The van der Waals surface area contributed by atoms with Gasteiger partial charge in [-0.25, -0.2) is 4.79 Å². The minimum absolute atomic E-state index is 0.220. The quantitative estimate of drug-likeness (QED) is 0.828. The summed E-state index contributed by atoms with van der Waals surface area (Å²) < 4.78 is 0. The van der Waals surface area contributed by atoms with Crippen molar-refractivity contribution in [3.63, 3.8) is 0 Å². The number of carbonyl (C=O) groups is 2. The van der Waals surface area contributed by atoms with E-state index in [0.29, 0.717) is 15.6 Å². The first-order valence-electron chi connectivity index (χ1n) is 7.47. The van der Waals surface area contributed by atoms with Gasteiger partial charge in [-0.2, -0.15) is 0 Å². The lowest BCUT2D eigenvalue weighted by Gasteiger charge is -2.23. The number of nitrogens with one attached hydrogen (secondary N) is 1. The number of imide groups is 1. The van der Waals surface area contributed by atoms with Crippen molar-refractivity contribution in [1.29, 1.82) is 0 Å². The number of amides is 3. The molecule has 1 aliphatic rings. The maximum absolute atomic E-state index is 12.9. The fourth-order valence-corrected chi connectivity index (χ4v) is 3.47. The van der Waals surface area contributed by atoms with Crippen LogP contribution < -0.4 is 5.32 Å². The third kappa shape index (κ3) is 2.76. The Morgan fingerprint density at radius 2 is 1.83 bits per heavy atom. The zero-order valence-electron chi connectivity index (χ0n) is 13.3. The Bertz CT molecular complexity index is 838. The van der Waals surface area contributed by atoms with Crippen molar-refractivity contribution in [3.8, 4) is 0 Å². The smallest absolute Gasteiger partial charge is 0.319 e. The molecule has 0 saturated carbocycles. The van der Waals surface area contributed by atoms with Gasteiger partial charge in [0.05, 0.1) is 6.54 Å². The summed E-state index contributed by atoms with van der Waals surface area (Å²) in [5, 5.41) is 3.57. The van der Waals surface area contributed by atoms with Crippen LogP contribution in [0.5, 0.6) is 0 Å². The molecule has 1 heterocycles. The first-order valence-corrected chi connectivity index (χ1v) is 8.22. The molecule has 1 fully saturated rings. The number of urea groups is 1. The predicted molar refractivity (Wildman–Crippen MR) is 94.1 cm³/mol. The van der Waals surface area contributed by atoms with E-state index in [0.717, 1.165) is 11.1 Å². The molecule has 1 atom stereocenters. The Labute approximate surface area is 150 Å². The molecule has 6 heteroatoms. The molecule has 0 aliphatic carbocycles. The van der Waals surface area contributed by atoms with Gasteiger partial charge in [-0.05, 0) is 37.1 Å². The van der Waals surface area contributed by atoms with Gasteiger partial charge >= 0.3 is 6.03 Å². The van der Waals surface area contributed by atoms with Crippen LogP contribution in [0.1, 0.15) is 23.6 Å². The summed E-state index contributed by atoms with van der Waals surface area (Å²) in [7, 11) is 0. The summed E-state index contributed by atoms with van der Waals surface area (Å²) in [6, 6.07) is 12.1. The van der Waals surface area contributed by atoms with E-state index in [-0.39, 0.29) is 12.5 Å². The average Bonchev–Trinajstić information content (AvgIpc) is 2.73. The van der Waals surface area contributed by atoms with Gasteiger partial charge in [-0.1, -0.05) is 53.5 Å². The van der Waals surface area contributed by atoms with E-state index in [1.165, 1.54) is 4.90 Å². The maximum atomic E-state index is 12.9. The lowest BCUT2D eigenvalue weighted by atomic mass is 9.92. The van der Waals surface area contributed by atoms with Crippen molar-refractivity contribution >= 4 is 35.1 Å². The molecule has 0 bridgehead atoms. The fraction of sp³-hybridized carbons (Fsp3) is 0.222. The van der Waals surface area contributed by atoms with Gasteiger partial charge in [0.15, 0.2) is 0 Å². The number of halogens is 2. The summed E-state index contributed by atoms with van der Waals surface area (Å²) >= 11 is 12.2. The van der Waals surface area contributed by atoms with Crippen LogP contribution in [-0.2, 0) is 16.9 Å². The second-order valence-corrected chi connectivity index (χ2v) is 6.84. The van der Waals surface area contributed by atoms with Gasteiger partial charge < -0.3 is 5.32 Å². The molecule has 2 aromatic carbocycles. The molecule has 4 nitrogen and oxygen atoms in total. The van der Waals surface area contributed by atoms with Gasteiger partial charge in [-0.3, -0.25) is 9.69 Å². The number of hydrogen-bond donors (Lipinski definition) is 1. The van der Waals surface area contributed by atoms with Gasteiger partial charge in [0.1, 0.15) is 5.54 Å². The van der Waals surface area contributed by atoms with Crippen molar-refractivity contribution in [3.05, 3.63) is 69.2 Å². The molecular formula is C18H16Cl2N2O2.